The number of carbonyl (C=O) groups is 1. The first-order valence-corrected chi connectivity index (χ1v) is 7.82. The maximum atomic E-state index is 11.9. The lowest BCUT2D eigenvalue weighted by molar-refractivity contribution is -0.129. The number of hydrogen-bond acceptors (Lipinski definition) is 4. The number of rotatable bonds is 4. The number of nitrogens with zero attached hydrogens (tertiary/aromatic N) is 5. The van der Waals surface area contributed by atoms with E-state index in [9.17, 15) is 4.79 Å². The van der Waals surface area contributed by atoms with Crippen molar-refractivity contribution in [3.8, 4) is 11.4 Å². The van der Waals surface area contributed by atoms with Gasteiger partial charge in [-0.3, -0.25) is 19.4 Å². The first kappa shape index (κ1) is 14.7. The smallest absolute Gasteiger partial charge is 0.220 e. The molecular formula is C16H21N5O. The number of aromatic nitrogens is 4. The van der Waals surface area contributed by atoms with Gasteiger partial charge < -0.3 is 4.90 Å². The van der Waals surface area contributed by atoms with Crippen LogP contribution in [0.1, 0.15) is 44.8 Å². The van der Waals surface area contributed by atoms with Crippen LogP contribution in [-0.4, -0.2) is 37.1 Å². The van der Waals surface area contributed by atoms with Crippen molar-refractivity contribution in [3.05, 3.63) is 30.4 Å². The van der Waals surface area contributed by atoms with E-state index in [1.165, 1.54) is 0 Å². The lowest BCUT2D eigenvalue weighted by Crippen LogP contribution is -2.29. The van der Waals surface area contributed by atoms with Gasteiger partial charge in [0, 0.05) is 38.6 Å². The van der Waals surface area contributed by atoms with Crippen molar-refractivity contribution in [1.82, 2.24) is 24.6 Å². The molecule has 116 valence electrons. The van der Waals surface area contributed by atoms with Crippen LogP contribution in [-0.2, 0) is 11.3 Å². The molecule has 3 rings (SSSR count). The summed E-state index contributed by atoms with van der Waals surface area (Å²) >= 11 is 0. The van der Waals surface area contributed by atoms with Gasteiger partial charge in [0.1, 0.15) is 5.69 Å². The predicted octanol–water partition coefficient (Wildman–Crippen LogP) is 2.43. The molecule has 2 aromatic heterocycles. The van der Waals surface area contributed by atoms with Crippen LogP contribution in [0.25, 0.3) is 11.4 Å². The summed E-state index contributed by atoms with van der Waals surface area (Å²) in [7, 11) is 0. The van der Waals surface area contributed by atoms with E-state index in [0.717, 1.165) is 49.4 Å². The summed E-state index contributed by atoms with van der Waals surface area (Å²) in [5, 5.41) is 4.37. The van der Waals surface area contributed by atoms with Crippen LogP contribution in [0.5, 0.6) is 0 Å². The Kier molecular flexibility index (Phi) is 4.18. The van der Waals surface area contributed by atoms with Crippen molar-refractivity contribution in [3.63, 3.8) is 0 Å². The highest BCUT2D eigenvalue weighted by molar-refractivity contribution is 5.74. The van der Waals surface area contributed by atoms with Gasteiger partial charge in [0.2, 0.25) is 5.91 Å². The van der Waals surface area contributed by atoms with Crippen molar-refractivity contribution in [2.75, 3.05) is 6.54 Å². The molecule has 1 amide bonds. The van der Waals surface area contributed by atoms with Crippen molar-refractivity contribution in [1.29, 1.82) is 0 Å². The molecular weight excluding hydrogens is 278 g/mol. The van der Waals surface area contributed by atoms with Crippen molar-refractivity contribution >= 4 is 5.91 Å². The molecule has 22 heavy (non-hydrogen) atoms. The first-order chi connectivity index (χ1) is 10.7. The first-order valence-electron chi connectivity index (χ1n) is 7.82. The highest BCUT2D eigenvalue weighted by Gasteiger charge is 2.31. The van der Waals surface area contributed by atoms with Gasteiger partial charge in [-0.1, -0.05) is 6.92 Å². The third kappa shape index (κ3) is 2.61. The Balaban J connectivity index is 2.03. The average molecular weight is 299 g/mol. The molecule has 1 aliphatic rings. The molecule has 2 aromatic rings. The molecule has 1 saturated heterocycles. The second-order valence-electron chi connectivity index (χ2n) is 5.60. The number of hydrogen-bond donors (Lipinski definition) is 0. The fraction of sp³-hybridized carbons (Fsp3) is 0.500. The van der Waals surface area contributed by atoms with Gasteiger partial charge in [-0.15, -0.1) is 0 Å². The molecule has 0 unspecified atom stereocenters. The molecule has 0 radical (unpaired) electrons. The van der Waals surface area contributed by atoms with Crippen molar-refractivity contribution in [2.24, 2.45) is 0 Å². The molecule has 1 fully saturated rings. The van der Waals surface area contributed by atoms with Crippen LogP contribution in [0, 0.1) is 0 Å². The normalized spacial score (nSPS) is 17.9. The Morgan fingerprint density at radius 1 is 1.32 bits per heavy atom. The Labute approximate surface area is 130 Å². The summed E-state index contributed by atoms with van der Waals surface area (Å²) in [5.41, 5.74) is 2.69. The Hall–Kier alpha value is -2.24. The summed E-state index contributed by atoms with van der Waals surface area (Å²) in [6, 6.07) is 1.99. The summed E-state index contributed by atoms with van der Waals surface area (Å²) in [6.45, 7) is 5.39. The fourth-order valence-electron chi connectivity index (χ4n) is 3.14. The van der Waals surface area contributed by atoms with Crippen LogP contribution in [0.4, 0.5) is 0 Å². The molecule has 0 N–H and O–H groups in total. The SMILES string of the molecule is CCCn1nccc1-c1nccnc1[C@@H]1CCCN1C(C)=O. The highest BCUT2D eigenvalue weighted by atomic mass is 16.2. The van der Waals surface area contributed by atoms with Gasteiger partial charge in [-0.2, -0.15) is 5.10 Å². The van der Waals surface area contributed by atoms with E-state index < -0.39 is 0 Å². The summed E-state index contributed by atoms with van der Waals surface area (Å²) in [6.07, 6.45) is 8.15. The second kappa shape index (κ2) is 6.25. The zero-order valence-corrected chi connectivity index (χ0v) is 13.1. The molecule has 0 spiro atoms. The van der Waals surface area contributed by atoms with Gasteiger partial charge >= 0.3 is 0 Å². The van der Waals surface area contributed by atoms with Crippen LogP contribution < -0.4 is 0 Å². The van der Waals surface area contributed by atoms with E-state index in [2.05, 4.69) is 22.0 Å². The van der Waals surface area contributed by atoms with E-state index in [1.807, 2.05) is 15.6 Å². The number of aryl methyl sites for hydroxylation is 1. The van der Waals surface area contributed by atoms with Gasteiger partial charge in [-0.25, -0.2) is 0 Å². The molecule has 3 heterocycles. The summed E-state index contributed by atoms with van der Waals surface area (Å²) < 4.78 is 1.96. The maximum absolute atomic E-state index is 11.9. The number of carbonyl (C=O) groups excluding carboxylic acids is 1. The number of amides is 1. The Morgan fingerprint density at radius 2 is 2.14 bits per heavy atom. The van der Waals surface area contributed by atoms with Crippen LogP contribution in [0.15, 0.2) is 24.7 Å². The molecule has 0 aromatic carbocycles. The third-order valence-electron chi connectivity index (χ3n) is 4.09. The number of likely N-dealkylation sites (tertiary alicyclic amines) is 1. The van der Waals surface area contributed by atoms with Crippen molar-refractivity contribution in [2.45, 2.75) is 45.7 Å². The van der Waals surface area contributed by atoms with Gasteiger partial charge in [0.25, 0.3) is 0 Å². The van der Waals surface area contributed by atoms with E-state index in [4.69, 9.17) is 0 Å². The Bertz CT molecular complexity index is 666. The molecule has 0 bridgehead atoms. The van der Waals surface area contributed by atoms with Gasteiger partial charge in [0.05, 0.1) is 17.4 Å². The monoisotopic (exact) mass is 299 g/mol. The highest BCUT2D eigenvalue weighted by Crippen LogP contribution is 2.35. The maximum Gasteiger partial charge on any atom is 0.220 e. The lowest BCUT2D eigenvalue weighted by Gasteiger charge is -2.24. The van der Waals surface area contributed by atoms with Crippen LogP contribution in [0.3, 0.4) is 0 Å². The minimum Gasteiger partial charge on any atom is -0.334 e. The predicted molar refractivity (Wildman–Crippen MR) is 82.9 cm³/mol. The minimum absolute atomic E-state index is 0.0196. The van der Waals surface area contributed by atoms with E-state index in [0.29, 0.717) is 0 Å². The molecule has 0 aliphatic carbocycles. The summed E-state index contributed by atoms with van der Waals surface area (Å²) in [5.74, 6) is 0.0983. The summed E-state index contributed by atoms with van der Waals surface area (Å²) in [4.78, 5) is 22.8. The van der Waals surface area contributed by atoms with E-state index >= 15 is 0 Å². The molecule has 6 nitrogen and oxygen atoms in total. The molecule has 0 saturated carbocycles. The molecule has 1 atom stereocenters. The fourth-order valence-corrected chi connectivity index (χ4v) is 3.14. The van der Waals surface area contributed by atoms with Gasteiger partial charge in [0.15, 0.2) is 0 Å². The van der Waals surface area contributed by atoms with E-state index in [-0.39, 0.29) is 11.9 Å². The zero-order valence-electron chi connectivity index (χ0n) is 13.1. The molecule has 1 aliphatic heterocycles. The quantitative estimate of drug-likeness (QED) is 0.870. The molecule has 6 heteroatoms. The third-order valence-corrected chi connectivity index (χ3v) is 4.09. The largest absolute Gasteiger partial charge is 0.334 e. The van der Waals surface area contributed by atoms with E-state index in [1.54, 1.807) is 25.5 Å². The minimum atomic E-state index is 0.0196. The van der Waals surface area contributed by atoms with Crippen molar-refractivity contribution < 1.29 is 4.79 Å². The lowest BCUT2D eigenvalue weighted by atomic mass is 10.1. The van der Waals surface area contributed by atoms with Crippen LogP contribution >= 0.6 is 0 Å². The standard InChI is InChI=1S/C16H21N5O/c1-3-10-21-14(6-7-19-21)16-15(17-8-9-18-16)13-5-4-11-20(13)12(2)22/h6-9,13H,3-5,10-11H2,1-2H3/t13-/m0/s1. The van der Waals surface area contributed by atoms with Gasteiger partial charge in [-0.05, 0) is 25.3 Å². The Morgan fingerprint density at radius 3 is 2.91 bits per heavy atom. The van der Waals surface area contributed by atoms with Crippen LogP contribution in [0.2, 0.25) is 0 Å². The second-order valence-corrected chi connectivity index (χ2v) is 5.60. The zero-order chi connectivity index (χ0) is 15.5. The topological polar surface area (TPSA) is 63.9 Å². The average Bonchev–Trinajstić information content (AvgIpc) is 3.16.